The molecule has 1 heterocycles. The Bertz CT molecular complexity index is 296. The van der Waals surface area contributed by atoms with Crippen LogP contribution in [0, 0.1) is 0 Å². The smallest absolute Gasteiger partial charge is 0.343 e. The molecular formula is C9H12N2O3. The second-order valence-electron chi connectivity index (χ2n) is 3.05. The zero-order valence-corrected chi connectivity index (χ0v) is 7.77. The average molecular weight is 196 g/mol. The zero-order chi connectivity index (χ0) is 10.6. The molecule has 1 rings (SSSR count). The third-order valence-corrected chi connectivity index (χ3v) is 1.98. The Labute approximate surface area is 81.7 Å². The van der Waals surface area contributed by atoms with Crippen molar-refractivity contribution in [1.82, 2.24) is 4.90 Å². The molecule has 0 saturated carbocycles. The van der Waals surface area contributed by atoms with Gasteiger partial charge in [0.25, 0.3) is 0 Å². The van der Waals surface area contributed by atoms with Crippen LogP contribution in [0.3, 0.4) is 0 Å². The quantitative estimate of drug-likeness (QED) is 0.664. The van der Waals surface area contributed by atoms with E-state index in [1.54, 1.807) is 11.1 Å². The van der Waals surface area contributed by atoms with Gasteiger partial charge in [0.15, 0.2) is 0 Å². The Morgan fingerprint density at radius 1 is 1.71 bits per heavy atom. The minimum Gasteiger partial charge on any atom is -0.478 e. The Kier molecular flexibility index (Phi) is 3.39. The third kappa shape index (κ3) is 2.69. The van der Waals surface area contributed by atoms with Crippen LogP contribution in [0.5, 0.6) is 0 Å². The molecule has 0 atom stereocenters. The van der Waals surface area contributed by atoms with Crippen molar-refractivity contribution in [2.75, 3.05) is 13.1 Å². The molecule has 5 heteroatoms. The van der Waals surface area contributed by atoms with Crippen molar-refractivity contribution >= 4 is 18.2 Å². The summed E-state index contributed by atoms with van der Waals surface area (Å²) < 4.78 is 0. The highest BCUT2D eigenvalue weighted by molar-refractivity contribution is 5.90. The van der Waals surface area contributed by atoms with Crippen molar-refractivity contribution in [3.8, 4) is 0 Å². The summed E-state index contributed by atoms with van der Waals surface area (Å²) >= 11 is 0. The minimum atomic E-state index is -0.978. The summed E-state index contributed by atoms with van der Waals surface area (Å²) in [6, 6.07) is -0.245. The maximum absolute atomic E-state index is 11.0. The van der Waals surface area contributed by atoms with E-state index in [1.165, 1.54) is 0 Å². The molecule has 1 aliphatic heterocycles. The van der Waals surface area contributed by atoms with Gasteiger partial charge in [-0.3, -0.25) is 0 Å². The van der Waals surface area contributed by atoms with Crippen LogP contribution in [0.25, 0.3) is 0 Å². The first-order valence-corrected chi connectivity index (χ1v) is 4.34. The van der Waals surface area contributed by atoms with Crippen LogP contribution < -0.4 is 0 Å². The van der Waals surface area contributed by atoms with Crippen LogP contribution in [0.2, 0.25) is 0 Å². The Balaban J connectivity index is 2.19. The fraction of sp³-hybridized carbons (Fsp3) is 0.444. The lowest BCUT2D eigenvalue weighted by Crippen LogP contribution is -2.26. The maximum Gasteiger partial charge on any atom is 0.343 e. The summed E-state index contributed by atoms with van der Waals surface area (Å²) in [4.78, 5) is 26.5. The van der Waals surface area contributed by atoms with Gasteiger partial charge in [-0.15, -0.1) is 0 Å². The van der Waals surface area contributed by atoms with Crippen molar-refractivity contribution in [1.29, 1.82) is 0 Å². The van der Waals surface area contributed by atoms with Crippen LogP contribution in [-0.2, 0) is 4.79 Å². The summed E-state index contributed by atoms with van der Waals surface area (Å²) in [7, 11) is 0. The third-order valence-electron chi connectivity index (χ3n) is 1.98. The number of carboxylic acid groups (broad SMARTS) is 1. The van der Waals surface area contributed by atoms with E-state index in [0.29, 0.717) is 25.9 Å². The first-order chi connectivity index (χ1) is 6.61. The normalized spacial score (nSPS) is 14.9. The van der Waals surface area contributed by atoms with Gasteiger partial charge in [0, 0.05) is 18.3 Å². The molecule has 0 spiro atoms. The zero-order valence-electron chi connectivity index (χ0n) is 7.77. The van der Waals surface area contributed by atoms with E-state index >= 15 is 0 Å². The SMILES string of the molecule is C=C(CCCN1CC=NC1=O)C(=O)O. The largest absolute Gasteiger partial charge is 0.478 e. The monoisotopic (exact) mass is 196 g/mol. The number of carboxylic acids is 1. The van der Waals surface area contributed by atoms with Crippen LogP contribution in [-0.4, -0.2) is 41.3 Å². The molecule has 1 N–H and O–H groups in total. The van der Waals surface area contributed by atoms with Gasteiger partial charge in [0.2, 0.25) is 0 Å². The van der Waals surface area contributed by atoms with E-state index in [-0.39, 0.29) is 11.6 Å². The van der Waals surface area contributed by atoms with Crippen molar-refractivity contribution in [2.24, 2.45) is 4.99 Å². The first kappa shape index (κ1) is 10.4. The number of amides is 2. The molecule has 0 aliphatic carbocycles. The van der Waals surface area contributed by atoms with E-state index < -0.39 is 5.97 Å². The van der Waals surface area contributed by atoms with E-state index in [0.717, 1.165) is 0 Å². The molecule has 2 amide bonds. The summed E-state index contributed by atoms with van der Waals surface area (Å²) in [6.07, 6.45) is 2.56. The number of aliphatic imine (C=N–C) groups is 1. The number of aliphatic carboxylic acids is 1. The lowest BCUT2D eigenvalue weighted by atomic mass is 10.1. The number of rotatable bonds is 5. The lowest BCUT2D eigenvalue weighted by molar-refractivity contribution is -0.132. The molecule has 5 nitrogen and oxygen atoms in total. The molecule has 1 aliphatic rings. The molecule has 0 aromatic rings. The van der Waals surface area contributed by atoms with Crippen LogP contribution >= 0.6 is 0 Å². The molecule has 0 fully saturated rings. The molecule has 14 heavy (non-hydrogen) atoms. The maximum atomic E-state index is 11.0. The van der Waals surface area contributed by atoms with E-state index in [2.05, 4.69) is 11.6 Å². The predicted octanol–water partition coefficient (Wildman–Crippen LogP) is 0.914. The summed E-state index contributed by atoms with van der Waals surface area (Å²) in [5, 5.41) is 8.52. The molecule has 0 unspecified atom stereocenters. The van der Waals surface area contributed by atoms with Crippen molar-refractivity contribution < 1.29 is 14.7 Å². The number of carbonyl (C=O) groups is 2. The summed E-state index contributed by atoms with van der Waals surface area (Å²) in [5.41, 5.74) is 0.178. The Hall–Kier alpha value is -1.65. The predicted molar refractivity (Wildman–Crippen MR) is 51.5 cm³/mol. The first-order valence-electron chi connectivity index (χ1n) is 4.34. The second kappa shape index (κ2) is 4.55. The highest BCUT2D eigenvalue weighted by atomic mass is 16.4. The molecule has 0 aromatic heterocycles. The Morgan fingerprint density at radius 2 is 2.43 bits per heavy atom. The number of carbonyl (C=O) groups excluding carboxylic acids is 1. The van der Waals surface area contributed by atoms with Gasteiger partial charge in [0.05, 0.1) is 6.54 Å². The van der Waals surface area contributed by atoms with Crippen LogP contribution in [0.4, 0.5) is 4.79 Å². The van der Waals surface area contributed by atoms with Crippen molar-refractivity contribution in [2.45, 2.75) is 12.8 Å². The van der Waals surface area contributed by atoms with Gasteiger partial charge in [0.1, 0.15) is 0 Å². The van der Waals surface area contributed by atoms with Gasteiger partial charge in [-0.2, -0.15) is 0 Å². The van der Waals surface area contributed by atoms with Gasteiger partial charge >= 0.3 is 12.0 Å². The topological polar surface area (TPSA) is 70.0 Å². The number of hydrogen-bond donors (Lipinski definition) is 1. The second-order valence-corrected chi connectivity index (χ2v) is 3.05. The van der Waals surface area contributed by atoms with Crippen LogP contribution in [0.1, 0.15) is 12.8 Å². The number of hydrogen-bond acceptors (Lipinski definition) is 2. The molecule has 0 radical (unpaired) electrons. The van der Waals surface area contributed by atoms with Gasteiger partial charge in [-0.25, -0.2) is 14.6 Å². The number of urea groups is 1. The van der Waals surface area contributed by atoms with E-state index in [4.69, 9.17) is 5.11 Å². The van der Waals surface area contributed by atoms with Crippen molar-refractivity contribution in [3.63, 3.8) is 0 Å². The Morgan fingerprint density at radius 3 is 2.93 bits per heavy atom. The van der Waals surface area contributed by atoms with Crippen LogP contribution in [0.15, 0.2) is 17.1 Å². The fourth-order valence-corrected chi connectivity index (χ4v) is 1.15. The van der Waals surface area contributed by atoms with Crippen molar-refractivity contribution in [3.05, 3.63) is 12.2 Å². The molecule has 0 bridgehead atoms. The van der Waals surface area contributed by atoms with Gasteiger partial charge < -0.3 is 10.0 Å². The highest BCUT2D eigenvalue weighted by Gasteiger charge is 2.15. The molecule has 76 valence electrons. The summed E-state index contributed by atoms with van der Waals surface area (Å²) in [5.74, 6) is -0.978. The average Bonchev–Trinajstić information content (AvgIpc) is 2.51. The van der Waals surface area contributed by atoms with Gasteiger partial charge in [-0.05, 0) is 12.8 Å². The van der Waals surface area contributed by atoms with E-state index in [1.807, 2.05) is 0 Å². The molecule has 0 saturated heterocycles. The molecule has 0 aromatic carbocycles. The summed E-state index contributed by atoms with van der Waals surface area (Å²) in [6.45, 7) is 4.46. The number of nitrogens with zero attached hydrogens (tertiary/aromatic N) is 2. The fourth-order valence-electron chi connectivity index (χ4n) is 1.15. The minimum absolute atomic E-state index is 0.178. The van der Waals surface area contributed by atoms with Gasteiger partial charge in [-0.1, -0.05) is 6.58 Å². The standard InChI is InChI=1S/C9H12N2O3/c1-7(8(12)13)3-2-5-11-6-4-10-9(11)14/h4H,1-3,5-6H2,(H,12,13). The molecular weight excluding hydrogens is 184 g/mol. The lowest BCUT2D eigenvalue weighted by Gasteiger charge is -2.12. The highest BCUT2D eigenvalue weighted by Crippen LogP contribution is 2.06. The van der Waals surface area contributed by atoms with E-state index in [9.17, 15) is 9.59 Å².